The molecule has 5 aromatic rings. The van der Waals surface area contributed by atoms with Crippen molar-refractivity contribution in [2.45, 2.75) is 14.9 Å². The summed E-state index contributed by atoms with van der Waals surface area (Å²) in [7, 11) is 9.11. The number of nitrogens with one attached hydrogen (secondary N) is 2. The van der Waals surface area contributed by atoms with Crippen LogP contribution in [0.5, 0.6) is 28.7 Å². The second-order valence-corrected chi connectivity index (χ2v) is 17.0. The summed E-state index contributed by atoms with van der Waals surface area (Å²) < 4.78 is 31.0. The van der Waals surface area contributed by atoms with Crippen LogP contribution in [-0.2, 0) is 0 Å². The zero-order valence-electron chi connectivity index (χ0n) is 55.6. The van der Waals surface area contributed by atoms with Gasteiger partial charge in [0.25, 0.3) is 5.69 Å². The van der Waals surface area contributed by atoms with E-state index in [1.165, 1.54) is 28.4 Å². The highest BCUT2D eigenvalue weighted by Crippen LogP contribution is 2.34. The SMILES string of the molecule is C.C.COc1cc(N(CCO)CCO)ccc1N.COc1cc(N(CCO)CCO)ccc1N=O.COc1cc(N(CCO)CCO)ccc1N=O.COc1cc(N(CCO)CCO)ccc1NO.COc1cc(N(CCO)CCO)ccc1[NH+]=O.Cl.[2H]P.[H+].[H+].[H+].[H+].[H+].[OH-]. The van der Waals surface area contributed by atoms with Gasteiger partial charge in [-0.05, 0) is 65.0 Å². The molecule has 508 valence electrons. The highest BCUT2D eigenvalue weighted by Gasteiger charge is 2.16. The number of anilines is 7. The molecule has 0 saturated carbocycles. The lowest BCUT2D eigenvalue weighted by Crippen LogP contribution is -2.55. The van der Waals surface area contributed by atoms with E-state index >= 15 is 0 Å². The Morgan fingerprint density at radius 2 is 0.697 bits per heavy atom. The summed E-state index contributed by atoms with van der Waals surface area (Å²) in [4.78, 5) is 40.7. The highest BCUT2D eigenvalue weighted by atomic mass is 35.5. The molecule has 0 fully saturated rings. The third-order valence-corrected chi connectivity index (χ3v) is 11.9. The molecular weight excluding hydrogens is 1210 g/mol. The standard InChI is InChI=1S/C11H18N2O4.3C11H16N2O4.C11H18N2O3.2CH4.ClH.H2O.H3P/c4*1-17-11-8-9(2-3-10(11)12-16)13(4-6-14)5-7-15;1-16-11-8-9(2-3-10(11)12)13(4-6-14)5-7-15;;;;;/h2-3,8,12,14-16H,4-7H2,1H3;3*2-3,8,14-15H,4-7H2,1H3;2-3,8,14-15H,4-7,12H2,1H3;2*1H4;1H;1H2;1H3/p+5/i;;;;;;;;;1D. The van der Waals surface area contributed by atoms with E-state index in [0.717, 1.165) is 28.4 Å². The van der Waals surface area contributed by atoms with Crippen LogP contribution in [-0.4, -0.2) is 230 Å². The molecule has 32 heteroatoms. The van der Waals surface area contributed by atoms with E-state index in [0.29, 0.717) is 111 Å². The number of halogens is 1. The highest BCUT2D eigenvalue weighted by molar-refractivity contribution is 6.92. The average Bonchev–Trinajstić information content (AvgIpc) is 1.29. The minimum absolute atomic E-state index is 0. The van der Waals surface area contributed by atoms with E-state index < -0.39 is 0 Å². The van der Waals surface area contributed by atoms with Crippen molar-refractivity contribution in [2.75, 3.05) is 203 Å². The first-order chi connectivity index (χ1) is 41.8. The largest absolute Gasteiger partial charge is 1.00 e. The third-order valence-electron chi connectivity index (χ3n) is 11.9. The first-order valence-corrected chi connectivity index (χ1v) is 26.2. The monoisotopic (exact) mass is 1310 g/mol. The van der Waals surface area contributed by atoms with E-state index in [1.807, 2.05) is 21.3 Å². The maximum atomic E-state index is 10.6. The Kier molecular flexibility index (Phi) is 54.3. The molecule has 0 radical (unpaired) electrons. The fraction of sp³-hybridized carbons (Fsp3) is 0.474. The van der Waals surface area contributed by atoms with Crippen LogP contribution in [0.1, 0.15) is 22.0 Å². The van der Waals surface area contributed by atoms with Crippen LogP contribution in [0.25, 0.3) is 0 Å². The van der Waals surface area contributed by atoms with E-state index in [-0.39, 0.29) is 117 Å². The van der Waals surface area contributed by atoms with Gasteiger partial charge >= 0.3 is 7.13 Å². The predicted molar refractivity (Wildman–Crippen MR) is 361 cm³/mol. The third kappa shape index (κ3) is 31.7. The lowest BCUT2D eigenvalue weighted by molar-refractivity contribution is -0.380. The molecule has 89 heavy (non-hydrogen) atoms. The van der Waals surface area contributed by atoms with Crippen LogP contribution in [0.4, 0.5) is 56.9 Å². The summed E-state index contributed by atoms with van der Waals surface area (Å²) >= 11 is 0. The maximum absolute atomic E-state index is 10.6. The first kappa shape index (κ1) is 88.2. The number of methoxy groups -OCH3 is 5. The predicted octanol–water partition coefficient (Wildman–Crippen LogP) is 3.23. The summed E-state index contributed by atoms with van der Waals surface area (Å²) in [5, 5.41) is 106. The van der Waals surface area contributed by atoms with E-state index in [1.54, 1.807) is 122 Å². The van der Waals surface area contributed by atoms with Crippen molar-refractivity contribution in [3.8, 4) is 28.7 Å². The Balaban J connectivity index is -0.000000115. The number of nitrogens with zero attached hydrogens (tertiary/aromatic N) is 7. The van der Waals surface area contributed by atoms with Crippen LogP contribution in [0.2, 0.25) is 0 Å². The van der Waals surface area contributed by atoms with Gasteiger partial charge in [-0.3, -0.25) is 10.7 Å². The molecule has 0 heterocycles. The average molecular weight is 1320 g/mol. The van der Waals surface area contributed by atoms with Crippen molar-refractivity contribution in [1.82, 2.24) is 0 Å². The summed E-state index contributed by atoms with van der Waals surface area (Å²) in [5.74, 6) is 2.26. The number of ether oxygens (including phenoxy) is 5. The minimum Gasteiger partial charge on any atom is -0.870 e. The smallest absolute Gasteiger partial charge is 0.870 e. The number of nitrogen functional groups attached to an aromatic ring is 1. The molecule has 0 spiro atoms. The Hall–Kier alpha value is -7.26. The maximum Gasteiger partial charge on any atom is 1.00 e. The van der Waals surface area contributed by atoms with Gasteiger partial charge in [-0.1, -0.05) is 14.9 Å². The topological polar surface area (TPSA) is 443 Å². The van der Waals surface area contributed by atoms with E-state index in [4.69, 9.17) is 87.0 Å². The lowest BCUT2D eigenvalue weighted by atomic mass is 10.2. The second-order valence-electron chi connectivity index (χ2n) is 17.0. The van der Waals surface area contributed by atoms with Gasteiger partial charge in [0.15, 0.2) is 5.75 Å². The number of rotatable bonds is 34. The summed E-state index contributed by atoms with van der Waals surface area (Å²) in [5.41, 5.74) is 13.6. The lowest BCUT2D eigenvalue weighted by Gasteiger charge is -2.23. The first-order valence-electron chi connectivity index (χ1n) is 26.8. The van der Waals surface area contributed by atoms with Crippen molar-refractivity contribution >= 4 is 79.1 Å². The molecule has 0 saturated heterocycles. The minimum atomic E-state index is -0.0179. The van der Waals surface area contributed by atoms with Gasteiger partial charge in [-0.2, -0.15) is 9.84 Å². The Morgan fingerprint density at radius 1 is 0.449 bits per heavy atom. The molecule has 0 bridgehead atoms. The van der Waals surface area contributed by atoms with Gasteiger partial charge in [-0.15, -0.1) is 22.2 Å². The summed E-state index contributed by atoms with van der Waals surface area (Å²) in [6.45, 7) is 4.19. The van der Waals surface area contributed by atoms with Crippen LogP contribution < -0.4 is 64.6 Å². The van der Waals surface area contributed by atoms with Gasteiger partial charge in [0.2, 0.25) is 0 Å². The van der Waals surface area contributed by atoms with Crippen LogP contribution in [0.3, 0.4) is 0 Å². The zero-order valence-corrected chi connectivity index (χ0v) is 51.6. The number of benzene rings is 5. The van der Waals surface area contributed by atoms with Crippen molar-refractivity contribution in [2.24, 2.45) is 10.4 Å². The van der Waals surface area contributed by atoms with Crippen molar-refractivity contribution in [3.05, 3.63) is 106 Å². The van der Waals surface area contributed by atoms with Crippen molar-refractivity contribution in [1.29, 1.82) is 1.28 Å². The number of nitroso groups, excluding NO2 is 3. The molecule has 0 aromatic heterocycles. The van der Waals surface area contributed by atoms with Crippen molar-refractivity contribution < 1.29 is 97.7 Å². The molecule has 5 aromatic carbocycles. The molecule has 0 aliphatic heterocycles. The quantitative estimate of drug-likeness (QED) is 0.0122. The molecular formula is C57H103ClN10O20P+5. The van der Waals surface area contributed by atoms with E-state index in [9.17, 15) is 14.7 Å². The number of nitrogens with two attached hydrogens (primary N) is 1. The Bertz CT molecular complexity index is 2450. The zero-order chi connectivity index (χ0) is 64.7. The Labute approximate surface area is 539 Å². The number of hydrogen-bond acceptors (Lipinski definition) is 29. The van der Waals surface area contributed by atoms with Crippen LogP contribution in [0, 0.1) is 14.7 Å². The van der Waals surface area contributed by atoms with Gasteiger partial charge in [0, 0.05) is 140 Å². The molecule has 1 unspecified atom stereocenters. The van der Waals surface area contributed by atoms with Crippen LogP contribution in [0.15, 0.2) is 101 Å². The molecule has 16 N–H and O–H groups in total. The summed E-state index contributed by atoms with van der Waals surface area (Å²) in [6, 6.07) is 25.3. The molecule has 30 nitrogen and oxygen atoms in total. The van der Waals surface area contributed by atoms with Gasteiger partial charge in [0.05, 0.1) is 109 Å². The van der Waals surface area contributed by atoms with Gasteiger partial charge < -0.3 is 110 Å². The second kappa shape index (κ2) is 54.9. The molecule has 5 rings (SSSR count). The van der Waals surface area contributed by atoms with Gasteiger partial charge in [0.1, 0.15) is 40.1 Å². The van der Waals surface area contributed by atoms with Crippen molar-refractivity contribution in [3.63, 3.8) is 0 Å². The Morgan fingerprint density at radius 3 is 0.955 bits per heavy atom. The van der Waals surface area contributed by atoms with Gasteiger partial charge in [-0.25, -0.2) is 0 Å². The molecule has 0 amide bonds. The molecule has 0 aliphatic rings. The fourth-order valence-electron chi connectivity index (χ4n) is 7.76. The molecule has 0 aliphatic carbocycles. The molecule has 1 atom stereocenters. The fourth-order valence-corrected chi connectivity index (χ4v) is 7.76. The number of aliphatic hydroxyl groups is 10. The van der Waals surface area contributed by atoms with Crippen LogP contribution >= 0.6 is 22.3 Å². The van der Waals surface area contributed by atoms with E-state index in [2.05, 4.69) is 10.4 Å². The number of hydrogen-bond donors (Lipinski definition) is 14. The number of aliphatic hydroxyl groups excluding tert-OH is 10. The normalized spacial score (nSPS) is 9.61. The summed E-state index contributed by atoms with van der Waals surface area (Å²) in [6.07, 6.45) is 0.